The van der Waals surface area contributed by atoms with Crippen molar-refractivity contribution in [2.24, 2.45) is 0 Å². The highest BCUT2D eigenvalue weighted by atomic mass is 16.6. The normalized spacial score (nSPS) is 9.35. The molecule has 0 unspecified atom stereocenters. The lowest BCUT2D eigenvalue weighted by Gasteiger charge is -1.80. The summed E-state index contributed by atoms with van der Waals surface area (Å²) in [6, 6.07) is 6.82. The average Bonchev–Trinajstić information content (AvgIpc) is 3.05. The molecular formula is C14H16N2O7. The molecule has 0 fully saturated rings. The Hall–Kier alpha value is -3.23. The first-order valence-electron chi connectivity index (χ1n) is 6.22. The van der Waals surface area contributed by atoms with E-state index in [4.69, 9.17) is 18.9 Å². The van der Waals surface area contributed by atoms with Crippen molar-refractivity contribution in [1.29, 1.82) is 0 Å². The van der Waals surface area contributed by atoms with Crippen molar-refractivity contribution in [2.45, 2.75) is 13.8 Å². The van der Waals surface area contributed by atoms with E-state index in [1.165, 1.54) is 6.08 Å². The molecule has 0 bridgehead atoms. The maximum absolute atomic E-state index is 9.93. The van der Waals surface area contributed by atoms with Crippen LogP contribution in [0.4, 0.5) is 0 Å². The predicted octanol–water partition coefficient (Wildman–Crippen LogP) is 3.13. The molecule has 0 radical (unpaired) electrons. The van der Waals surface area contributed by atoms with Gasteiger partial charge in [-0.2, -0.15) is 0 Å². The van der Waals surface area contributed by atoms with Gasteiger partial charge in [0.1, 0.15) is 17.3 Å². The minimum Gasteiger partial charge on any atom is -0.462 e. The van der Waals surface area contributed by atoms with Crippen molar-refractivity contribution in [1.82, 2.24) is 0 Å². The minimum absolute atomic E-state index is 0.391. The lowest BCUT2D eigenvalue weighted by Crippen LogP contribution is -1.80. The van der Waals surface area contributed by atoms with E-state index in [-0.39, 0.29) is 0 Å². The molecule has 23 heavy (non-hydrogen) atoms. The zero-order valence-electron chi connectivity index (χ0n) is 12.8. The molecule has 0 spiro atoms. The Bertz CT molecular complexity index is 666. The van der Waals surface area contributed by atoms with Crippen molar-refractivity contribution in [3.05, 3.63) is 73.7 Å². The monoisotopic (exact) mass is 324 g/mol. The fourth-order valence-corrected chi connectivity index (χ4v) is 1.19. The van der Waals surface area contributed by atoms with Crippen molar-refractivity contribution < 1.29 is 23.5 Å². The first-order valence-corrected chi connectivity index (χ1v) is 6.22. The smallest absolute Gasteiger partial charge is 0.238 e. The first-order chi connectivity index (χ1) is 10.7. The number of aldehydes is 1. The van der Waals surface area contributed by atoms with Crippen LogP contribution in [0.15, 0.2) is 39.3 Å². The van der Waals surface area contributed by atoms with Crippen LogP contribution in [-0.4, -0.2) is 23.2 Å². The summed E-state index contributed by atoms with van der Waals surface area (Å²) in [5.41, 5.74) is 0. The van der Waals surface area contributed by atoms with Gasteiger partial charge in [0.05, 0.1) is 11.0 Å². The van der Waals surface area contributed by atoms with E-state index in [9.17, 15) is 14.9 Å². The van der Waals surface area contributed by atoms with Gasteiger partial charge in [0.15, 0.2) is 19.1 Å². The summed E-state index contributed by atoms with van der Waals surface area (Å²) in [5.74, 6) is 2.40. The second kappa shape index (κ2) is 10.5. The van der Waals surface area contributed by atoms with Gasteiger partial charge in [0.2, 0.25) is 6.20 Å². The average molecular weight is 324 g/mol. The molecule has 2 rings (SSSR count). The predicted molar refractivity (Wildman–Crippen MR) is 81.2 cm³/mol. The standard InChI is InChI=1S/C7H7NO3.C6H6O2.CH3NO2/c1-6-2-3-7(11-6)4-5-8(9)10;1-5-2-3-6(4-7)8-5;1-2(3)4/h2-5H,1H3;2-4H,1H3;1H3/b5-4+;;. The first kappa shape index (κ1) is 19.8. The molecule has 0 saturated heterocycles. The van der Waals surface area contributed by atoms with Crippen LogP contribution in [0.25, 0.3) is 6.08 Å². The highest BCUT2D eigenvalue weighted by Gasteiger charge is 1.94. The molecule has 9 nitrogen and oxygen atoms in total. The van der Waals surface area contributed by atoms with Gasteiger partial charge in [-0.3, -0.25) is 25.0 Å². The quantitative estimate of drug-likeness (QED) is 0.481. The van der Waals surface area contributed by atoms with Crippen LogP contribution >= 0.6 is 0 Å². The lowest BCUT2D eigenvalue weighted by atomic mass is 10.4. The largest absolute Gasteiger partial charge is 0.462 e. The van der Waals surface area contributed by atoms with Crippen LogP contribution in [0.5, 0.6) is 0 Å². The summed E-state index contributed by atoms with van der Waals surface area (Å²) in [4.78, 5) is 27.6. The number of nitro groups is 2. The minimum atomic E-state index is -0.530. The van der Waals surface area contributed by atoms with Crippen LogP contribution in [0.3, 0.4) is 0 Å². The summed E-state index contributed by atoms with van der Waals surface area (Å²) in [7, 11) is 0.889. The number of carbonyl (C=O) groups excluding carboxylic acids is 1. The van der Waals surface area contributed by atoms with E-state index in [0.29, 0.717) is 17.8 Å². The van der Waals surface area contributed by atoms with Crippen LogP contribution in [0, 0.1) is 34.1 Å². The number of nitrogens with zero attached hydrogens (tertiary/aromatic N) is 2. The van der Waals surface area contributed by atoms with Crippen molar-refractivity contribution in [2.75, 3.05) is 7.05 Å². The van der Waals surface area contributed by atoms with Gasteiger partial charge in [0, 0.05) is 4.92 Å². The van der Waals surface area contributed by atoms with Crippen LogP contribution in [-0.2, 0) is 0 Å². The third-order valence-electron chi connectivity index (χ3n) is 2.00. The van der Waals surface area contributed by atoms with E-state index in [1.54, 1.807) is 38.1 Å². The fraction of sp³-hybridized carbons (Fsp3) is 0.214. The SMILES string of the molecule is C[N+](=O)[O-].Cc1ccc(/C=C/[N+](=O)[O-])o1.Cc1ccc(C=O)o1. The molecule has 0 aliphatic carbocycles. The van der Waals surface area contributed by atoms with Gasteiger partial charge in [-0.05, 0) is 38.1 Å². The molecule has 9 heteroatoms. The molecule has 0 amide bonds. The highest BCUT2D eigenvalue weighted by molar-refractivity contribution is 5.70. The van der Waals surface area contributed by atoms with Crippen LogP contribution in [0.2, 0.25) is 0 Å². The number of hydrogen-bond donors (Lipinski definition) is 0. The topological polar surface area (TPSA) is 130 Å². The van der Waals surface area contributed by atoms with Crippen molar-refractivity contribution in [3.63, 3.8) is 0 Å². The van der Waals surface area contributed by atoms with E-state index < -0.39 is 9.85 Å². The Morgan fingerprint density at radius 1 is 0.957 bits per heavy atom. The van der Waals surface area contributed by atoms with Gasteiger partial charge in [-0.15, -0.1) is 0 Å². The fourth-order valence-electron chi connectivity index (χ4n) is 1.19. The number of furan rings is 2. The van der Waals surface area contributed by atoms with Crippen LogP contribution < -0.4 is 0 Å². The maximum Gasteiger partial charge on any atom is 0.238 e. The van der Waals surface area contributed by atoms with Gasteiger partial charge < -0.3 is 8.83 Å². The molecule has 0 aromatic carbocycles. The Labute approximate surface area is 131 Å². The van der Waals surface area contributed by atoms with E-state index in [1.807, 2.05) is 0 Å². The lowest BCUT2D eigenvalue weighted by molar-refractivity contribution is -0.445. The van der Waals surface area contributed by atoms with Gasteiger partial charge in [-0.25, -0.2) is 0 Å². The number of aryl methyl sites for hydroxylation is 2. The summed E-state index contributed by atoms with van der Waals surface area (Å²) in [6.45, 7) is 3.58. The number of rotatable bonds is 3. The maximum atomic E-state index is 9.93. The summed E-state index contributed by atoms with van der Waals surface area (Å²) < 4.78 is 9.91. The molecule has 2 aromatic heterocycles. The van der Waals surface area contributed by atoms with E-state index in [0.717, 1.165) is 24.8 Å². The molecule has 2 aromatic rings. The second-order valence-electron chi connectivity index (χ2n) is 4.06. The van der Waals surface area contributed by atoms with E-state index >= 15 is 0 Å². The zero-order chi connectivity index (χ0) is 17.8. The summed E-state index contributed by atoms with van der Waals surface area (Å²) in [6.07, 6.45) is 2.85. The molecule has 2 heterocycles. The second-order valence-corrected chi connectivity index (χ2v) is 4.06. The Balaban J connectivity index is 0.000000354. The molecule has 0 atom stereocenters. The van der Waals surface area contributed by atoms with Gasteiger partial charge in [-0.1, -0.05) is 0 Å². The van der Waals surface area contributed by atoms with Gasteiger partial charge >= 0.3 is 0 Å². The summed E-state index contributed by atoms with van der Waals surface area (Å²) in [5, 5.41) is 18.7. The number of hydrogen-bond acceptors (Lipinski definition) is 7. The molecule has 124 valence electrons. The molecule has 0 aliphatic heterocycles. The number of carbonyl (C=O) groups is 1. The molecule has 0 saturated carbocycles. The van der Waals surface area contributed by atoms with Crippen molar-refractivity contribution in [3.8, 4) is 0 Å². The molecule has 0 aliphatic rings. The Morgan fingerprint density at radius 3 is 1.65 bits per heavy atom. The van der Waals surface area contributed by atoms with Crippen LogP contribution in [0.1, 0.15) is 27.8 Å². The summed E-state index contributed by atoms with van der Waals surface area (Å²) >= 11 is 0. The third-order valence-corrected chi connectivity index (χ3v) is 2.00. The van der Waals surface area contributed by atoms with Gasteiger partial charge in [0.25, 0.3) is 0 Å². The van der Waals surface area contributed by atoms with Crippen molar-refractivity contribution >= 4 is 12.4 Å². The zero-order valence-corrected chi connectivity index (χ0v) is 12.8. The molecular weight excluding hydrogens is 308 g/mol. The Kier molecular flexibility index (Phi) is 9.02. The molecule has 0 N–H and O–H groups in total. The third kappa shape index (κ3) is 11.1. The Morgan fingerprint density at radius 2 is 1.39 bits per heavy atom. The van der Waals surface area contributed by atoms with E-state index in [2.05, 4.69) is 0 Å². The highest BCUT2D eigenvalue weighted by Crippen LogP contribution is 2.07.